The number of rotatable bonds is 1. The van der Waals surface area contributed by atoms with Crippen molar-refractivity contribution in [3.8, 4) is 0 Å². The molecule has 0 saturated heterocycles. The highest BCUT2D eigenvalue weighted by Crippen LogP contribution is 2.23. The molecule has 0 aliphatic rings. The number of H-pyrrole nitrogens is 1. The second-order valence-corrected chi connectivity index (χ2v) is 3.29. The highest BCUT2D eigenvalue weighted by molar-refractivity contribution is 6.59. The Morgan fingerprint density at radius 3 is 2.56 bits per heavy atom. The predicted molar refractivity (Wildman–Crippen MR) is 65.6 cm³/mol. The molecule has 0 fully saturated rings. The molecule has 3 aromatic rings. The summed E-state index contributed by atoms with van der Waals surface area (Å²) >= 11 is 0. The number of hydrogen-bond donors (Lipinski definition) is 3. The van der Waals surface area contributed by atoms with Gasteiger partial charge in [0.2, 0.25) is 0 Å². The Balaban J connectivity index is 2.69. The van der Waals surface area contributed by atoms with Crippen molar-refractivity contribution >= 4 is 34.4 Å². The SMILES string of the molecule is [2H]c1c([2H])c([2H])c2c([nH]c3c([2H])c([2H])c(B(O)O)c([2H])c32)c1[2H]. The van der Waals surface area contributed by atoms with Crippen LogP contribution in [0.1, 0.15) is 9.60 Å². The Kier molecular flexibility index (Phi) is 0.971. The van der Waals surface area contributed by atoms with Gasteiger partial charge in [-0.1, -0.05) is 30.2 Å². The van der Waals surface area contributed by atoms with E-state index in [9.17, 15) is 10.0 Å². The minimum absolute atomic E-state index is 0.00796. The van der Waals surface area contributed by atoms with Gasteiger partial charge in [-0.25, -0.2) is 0 Å². The van der Waals surface area contributed by atoms with E-state index < -0.39 is 48.8 Å². The van der Waals surface area contributed by atoms with Crippen molar-refractivity contribution in [2.24, 2.45) is 0 Å². The summed E-state index contributed by atoms with van der Waals surface area (Å²) in [5.74, 6) is 0. The molecule has 0 saturated carbocycles. The van der Waals surface area contributed by atoms with E-state index in [1.54, 1.807) is 0 Å². The lowest BCUT2D eigenvalue weighted by atomic mass is 9.80. The Bertz CT molecular complexity index is 986. The van der Waals surface area contributed by atoms with Gasteiger partial charge in [-0.2, -0.15) is 0 Å². The van der Waals surface area contributed by atoms with Gasteiger partial charge in [0.1, 0.15) is 0 Å². The van der Waals surface area contributed by atoms with E-state index in [1.807, 2.05) is 0 Å². The van der Waals surface area contributed by atoms with Gasteiger partial charge in [-0.05, 0) is 17.5 Å². The molecule has 0 aliphatic carbocycles. The van der Waals surface area contributed by atoms with E-state index in [4.69, 9.17) is 9.60 Å². The zero-order chi connectivity index (χ0) is 17.2. The fraction of sp³-hybridized carbons (Fsp3) is 0. The second-order valence-electron chi connectivity index (χ2n) is 3.29. The first-order valence-electron chi connectivity index (χ1n) is 8.06. The summed E-state index contributed by atoms with van der Waals surface area (Å²) in [4.78, 5) is 2.67. The number of aromatic amines is 1. The lowest BCUT2D eigenvalue weighted by Gasteiger charge is -1.98. The van der Waals surface area contributed by atoms with Crippen molar-refractivity contribution in [1.29, 1.82) is 0 Å². The molecule has 2 aromatic carbocycles. The van der Waals surface area contributed by atoms with E-state index in [0.29, 0.717) is 0 Å². The first-order chi connectivity index (χ1) is 10.7. The molecule has 0 amide bonds. The number of para-hydroxylation sites is 1. The van der Waals surface area contributed by atoms with Gasteiger partial charge in [0, 0.05) is 21.8 Å². The van der Waals surface area contributed by atoms with Gasteiger partial charge in [0.25, 0.3) is 0 Å². The molecule has 1 aromatic heterocycles. The Hall–Kier alpha value is -1.78. The Labute approximate surface area is 102 Å². The van der Waals surface area contributed by atoms with Crippen LogP contribution in [-0.2, 0) is 0 Å². The van der Waals surface area contributed by atoms with Crippen LogP contribution in [-0.4, -0.2) is 22.2 Å². The van der Waals surface area contributed by atoms with Crippen molar-refractivity contribution in [2.75, 3.05) is 0 Å². The smallest absolute Gasteiger partial charge is 0.423 e. The van der Waals surface area contributed by atoms with E-state index >= 15 is 0 Å². The summed E-state index contributed by atoms with van der Waals surface area (Å²) in [6, 6.07) is -3.10. The average molecular weight is 218 g/mol. The van der Waals surface area contributed by atoms with Crippen LogP contribution >= 0.6 is 0 Å². The van der Waals surface area contributed by atoms with Gasteiger partial charge in [0.15, 0.2) is 0 Å². The van der Waals surface area contributed by atoms with Crippen LogP contribution in [0.4, 0.5) is 0 Å². The quantitative estimate of drug-likeness (QED) is 0.533. The molecule has 3 rings (SSSR count). The lowest BCUT2D eigenvalue weighted by molar-refractivity contribution is 0.426. The molecule has 0 atom stereocenters. The first-order valence-corrected chi connectivity index (χ1v) is 4.56. The average Bonchev–Trinajstić information content (AvgIpc) is 2.89. The standard InChI is InChI=1S/C12H10BNO2/c15-13(16)8-5-6-12-10(7-8)9-3-1-2-4-11(9)14-12/h1-7,14-16H/i1D,2D,3D,4D,5D,6D,7D. The summed E-state index contributed by atoms with van der Waals surface area (Å²) in [6.07, 6.45) is 0. The molecular weight excluding hydrogens is 201 g/mol. The van der Waals surface area contributed by atoms with Crippen LogP contribution in [0.2, 0.25) is 0 Å². The minimum Gasteiger partial charge on any atom is -0.423 e. The molecule has 0 spiro atoms. The Morgan fingerprint density at radius 1 is 1.00 bits per heavy atom. The third kappa shape index (κ3) is 1.32. The molecular formula is C12H10BNO2. The highest BCUT2D eigenvalue weighted by Gasteiger charge is 2.12. The van der Waals surface area contributed by atoms with E-state index in [-0.39, 0.29) is 27.8 Å². The minimum atomic E-state index is -2.14. The van der Waals surface area contributed by atoms with Gasteiger partial charge >= 0.3 is 7.12 Å². The normalized spacial score (nSPS) is 17.2. The summed E-state index contributed by atoms with van der Waals surface area (Å²) < 4.78 is 55.2. The van der Waals surface area contributed by atoms with Crippen LogP contribution in [0.25, 0.3) is 21.8 Å². The van der Waals surface area contributed by atoms with Crippen LogP contribution in [0.5, 0.6) is 0 Å². The number of nitrogens with one attached hydrogen (secondary N) is 1. The lowest BCUT2D eigenvalue weighted by Crippen LogP contribution is -2.29. The van der Waals surface area contributed by atoms with Crippen molar-refractivity contribution in [3.05, 3.63) is 42.3 Å². The van der Waals surface area contributed by atoms with Crippen molar-refractivity contribution in [2.45, 2.75) is 0 Å². The van der Waals surface area contributed by atoms with Crippen molar-refractivity contribution in [1.82, 2.24) is 4.98 Å². The number of fused-ring (bicyclic) bond motifs is 3. The number of hydrogen-bond acceptors (Lipinski definition) is 2. The number of aromatic nitrogens is 1. The fourth-order valence-electron chi connectivity index (χ4n) is 1.55. The van der Waals surface area contributed by atoms with E-state index in [2.05, 4.69) is 4.98 Å². The maximum Gasteiger partial charge on any atom is 0.488 e. The number of benzene rings is 2. The summed E-state index contributed by atoms with van der Waals surface area (Å²) in [7, 11) is -2.14. The summed E-state index contributed by atoms with van der Waals surface area (Å²) in [6.45, 7) is 0. The van der Waals surface area contributed by atoms with E-state index in [1.165, 1.54) is 0 Å². The van der Waals surface area contributed by atoms with Gasteiger partial charge in [-0.15, -0.1) is 0 Å². The van der Waals surface area contributed by atoms with Gasteiger partial charge < -0.3 is 15.0 Å². The Morgan fingerprint density at radius 2 is 1.75 bits per heavy atom. The maximum atomic E-state index is 9.37. The zero-order valence-corrected chi connectivity index (χ0v) is 7.97. The van der Waals surface area contributed by atoms with Gasteiger partial charge in [-0.3, -0.25) is 0 Å². The molecule has 3 nitrogen and oxygen atoms in total. The van der Waals surface area contributed by atoms with Crippen LogP contribution in [0.3, 0.4) is 0 Å². The van der Waals surface area contributed by atoms with Gasteiger partial charge in [0.05, 0.1) is 9.60 Å². The highest BCUT2D eigenvalue weighted by atomic mass is 16.4. The first kappa shape index (κ1) is 4.61. The summed E-state index contributed by atoms with van der Waals surface area (Å²) in [5.41, 5.74) is -0.473. The molecule has 0 radical (unpaired) electrons. The monoisotopic (exact) mass is 218 g/mol. The largest absolute Gasteiger partial charge is 0.488 e. The maximum absolute atomic E-state index is 9.37. The second kappa shape index (κ2) is 3.37. The zero-order valence-electron chi connectivity index (χ0n) is 15.0. The molecule has 3 N–H and O–H groups in total. The van der Waals surface area contributed by atoms with Crippen LogP contribution in [0, 0.1) is 0 Å². The summed E-state index contributed by atoms with van der Waals surface area (Å²) in [5, 5.41) is 18.7. The molecule has 0 unspecified atom stereocenters. The van der Waals surface area contributed by atoms with Crippen molar-refractivity contribution in [3.63, 3.8) is 0 Å². The van der Waals surface area contributed by atoms with E-state index in [0.717, 1.165) is 0 Å². The fourth-order valence-corrected chi connectivity index (χ4v) is 1.55. The molecule has 0 aliphatic heterocycles. The van der Waals surface area contributed by atoms with Crippen molar-refractivity contribution < 1.29 is 19.6 Å². The molecule has 78 valence electrons. The predicted octanol–water partition coefficient (Wildman–Crippen LogP) is 1.00. The van der Waals surface area contributed by atoms with Crippen LogP contribution in [0.15, 0.2) is 42.3 Å². The topological polar surface area (TPSA) is 56.2 Å². The third-order valence-electron chi connectivity index (χ3n) is 2.28. The molecule has 4 heteroatoms. The van der Waals surface area contributed by atoms with Crippen LogP contribution < -0.4 is 5.46 Å². The molecule has 0 bridgehead atoms. The molecule has 16 heavy (non-hydrogen) atoms. The third-order valence-corrected chi connectivity index (χ3v) is 2.28. The molecule has 1 heterocycles.